The molecule has 1 N–H and O–H groups in total. The van der Waals surface area contributed by atoms with E-state index in [1.807, 2.05) is 36.4 Å². The van der Waals surface area contributed by atoms with Crippen LogP contribution < -0.4 is 5.32 Å². The van der Waals surface area contributed by atoms with E-state index in [-0.39, 0.29) is 0 Å². The van der Waals surface area contributed by atoms with E-state index >= 15 is 0 Å². The number of hydrogen-bond acceptors (Lipinski definition) is 3. The third-order valence-electron chi connectivity index (χ3n) is 3.45. The maximum Gasteiger partial charge on any atom is 0.0892 e. The van der Waals surface area contributed by atoms with Crippen molar-refractivity contribution >= 4 is 11.6 Å². The third kappa shape index (κ3) is 4.81. The highest BCUT2D eigenvalue weighted by atomic mass is 35.5. The van der Waals surface area contributed by atoms with Gasteiger partial charge in [0.2, 0.25) is 0 Å². The van der Waals surface area contributed by atoms with Crippen LogP contribution in [0, 0.1) is 0 Å². The maximum atomic E-state index is 5.86. The molecule has 2 aromatic rings. The number of ether oxygens (including phenoxy) is 1. The van der Waals surface area contributed by atoms with E-state index in [9.17, 15) is 0 Å². The molecule has 0 bridgehead atoms. The minimum Gasteiger partial charge on any atom is -0.370 e. The van der Waals surface area contributed by atoms with Gasteiger partial charge in [-0.25, -0.2) is 0 Å². The molecule has 1 aliphatic carbocycles. The molecule has 1 heterocycles. The summed E-state index contributed by atoms with van der Waals surface area (Å²) in [5.74, 6) is 0. The molecule has 1 aromatic heterocycles. The number of pyridine rings is 1. The second kappa shape index (κ2) is 7.03. The standard InChI is InChI=1S/C17H19ClN2O/c18-14-6-4-13(5-7-14)11-21-12-17-3-1-2-16(20-17)10-19-15-8-9-15/h1-7,15,19H,8-12H2. The van der Waals surface area contributed by atoms with Crippen LogP contribution in [0.5, 0.6) is 0 Å². The Bertz CT molecular complexity index is 582. The van der Waals surface area contributed by atoms with E-state index in [4.69, 9.17) is 16.3 Å². The molecule has 0 spiro atoms. The van der Waals surface area contributed by atoms with Crippen LogP contribution in [-0.4, -0.2) is 11.0 Å². The Morgan fingerprint density at radius 2 is 1.81 bits per heavy atom. The predicted molar refractivity (Wildman–Crippen MR) is 84.0 cm³/mol. The number of benzene rings is 1. The largest absolute Gasteiger partial charge is 0.370 e. The Hall–Kier alpha value is -1.42. The fourth-order valence-corrected chi connectivity index (χ4v) is 2.22. The zero-order valence-corrected chi connectivity index (χ0v) is 12.6. The number of aromatic nitrogens is 1. The summed E-state index contributed by atoms with van der Waals surface area (Å²) in [4.78, 5) is 4.61. The van der Waals surface area contributed by atoms with E-state index in [1.165, 1.54) is 12.8 Å². The lowest BCUT2D eigenvalue weighted by molar-refractivity contribution is 0.104. The zero-order chi connectivity index (χ0) is 14.5. The first-order chi connectivity index (χ1) is 10.3. The number of rotatable bonds is 7. The van der Waals surface area contributed by atoms with Gasteiger partial charge in [0.05, 0.1) is 24.6 Å². The van der Waals surface area contributed by atoms with Gasteiger partial charge in [-0.05, 0) is 42.7 Å². The molecule has 1 aliphatic rings. The molecule has 0 saturated heterocycles. The van der Waals surface area contributed by atoms with Crippen molar-refractivity contribution in [2.45, 2.75) is 38.6 Å². The van der Waals surface area contributed by atoms with E-state index < -0.39 is 0 Å². The number of halogens is 1. The highest BCUT2D eigenvalue weighted by Gasteiger charge is 2.20. The molecule has 4 heteroatoms. The summed E-state index contributed by atoms with van der Waals surface area (Å²) in [5.41, 5.74) is 3.17. The smallest absolute Gasteiger partial charge is 0.0892 e. The van der Waals surface area contributed by atoms with E-state index in [0.717, 1.165) is 28.5 Å². The Balaban J connectivity index is 1.47. The first-order valence-electron chi connectivity index (χ1n) is 7.30. The van der Waals surface area contributed by atoms with Crippen molar-refractivity contribution < 1.29 is 4.74 Å². The Labute approximate surface area is 130 Å². The summed E-state index contributed by atoms with van der Waals surface area (Å²) < 4.78 is 5.71. The van der Waals surface area contributed by atoms with Crippen molar-refractivity contribution in [3.63, 3.8) is 0 Å². The monoisotopic (exact) mass is 302 g/mol. The first-order valence-corrected chi connectivity index (χ1v) is 7.68. The molecule has 110 valence electrons. The van der Waals surface area contributed by atoms with Crippen LogP contribution in [0.4, 0.5) is 0 Å². The summed E-state index contributed by atoms with van der Waals surface area (Å²) in [6.45, 7) is 1.94. The second-order valence-electron chi connectivity index (χ2n) is 5.39. The van der Waals surface area contributed by atoms with Gasteiger partial charge >= 0.3 is 0 Å². The van der Waals surface area contributed by atoms with Crippen LogP contribution >= 0.6 is 11.6 Å². The van der Waals surface area contributed by atoms with Crippen LogP contribution in [0.2, 0.25) is 5.02 Å². The van der Waals surface area contributed by atoms with Crippen molar-refractivity contribution in [3.8, 4) is 0 Å². The van der Waals surface area contributed by atoms with Crippen LogP contribution in [0.1, 0.15) is 29.8 Å². The third-order valence-corrected chi connectivity index (χ3v) is 3.70. The van der Waals surface area contributed by atoms with Crippen LogP contribution in [-0.2, 0) is 24.5 Å². The summed E-state index contributed by atoms with van der Waals surface area (Å²) in [5, 5.41) is 4.22. The molecule has 21 heavy (non-hydrogen) atoms. The van der Waals surface area contributed by atoms with Gasteiger partial charge in [0.15, 0.2) is 0 Å². The van der Waals surface area contributed by atoms with Gasteiger partial charge in [-0.1, -0.05) is 29.8 Å². The maximum absolute atomic E-state index is 5.86. The molecular formula is C17H19ClN2O. The minimum absolute atomic E-state index is 0.528. The van der Waals surface area contributed by atoms with Gasteiger partial charge in [0.25, 0.3) is 0 Å². The Morgan fingerprint density at radius 3 is 2.57 bits per heavy atom. The van der Waals surface area contributed by atoms with E-state index in [2.05, 4.69) is 16.4 Å². The molecule has 1 saturated carbocycles. The molecule has 1 fully saturated rings. The average Bonchev–Trinajstić information content (AvgIpc) is 3.32. The van der Waals surface area contributed by atoms with Gasteiger partial charge in [-0.2, -0.15) is 0 Å². The van der Waals surface area contributed by atoms with Gasteiger partial charge in [-0.15, -0.1) is 0 Å². The van der Waals surface area contributed by atoms with Gasteiger partial charge in [0, 0.05) is 17.6 Å². The lowest BCUT2D eigenvalue weighted by Crippen LogP contribution is -2.16. The summed E-state index contributed by atoms with van der Waals surface area (Å²) >= 11 is 5.86. The highest BCUT2D eigenvalue weighted by Crippen LogP contribution is 2.19. The van der Waals surface area contributed by atoms with Gasteiger partial charge in [-0.3, -0.25) is 4.98 Å². The Kier molecular flexibility index (Phi) is 4.86. The molecule has 0 unspecified atom stereocenters. The second-order valence-corrected chi connectivity index (χ2v) is 5.83. The normalized spacial score (nSPS) is 14.3. The predicted octanol–water partition coefficient (Wildman–Crippen LogP) is 3.70. The fourth-order valence-electron chi connectivity index (χ4n) is 2.10. The van der Waals surface area contributed by atoms with Crippen molar-refractivity contribution in [1.29, 1.82) is 0 Å². The quantitative estimate of drug-likeness (QED) is 0.847. The summed E-state index contributed by atoms with van der Waals surface area (Å²) in [6, 6.07) is 14.5. The number of nitrogens with zero attached hydrogens (tertiary/aromatic N) is 1. The van der Waals surface area contributed by atoms with Crippen LogP contribution in [0.25, 0.3) is 0 Å². The minimum atomic E-state index is 0.528. The number of hydrogen-bond donors (Lipinski definition) is 1. The zero-order valence-electron chi connectivity index (χ0n) is 11.9. The van der Waals surface area contributed by atoms with E-state index in [0.29, 0.717) is 19.3 Å². The molecule has 0 radical (unpaired) electrons. The lowest BCUT2D eigenvalue weighted by Gasteiger charge is -2.07. The molecule has 0 aliphatic heterocycles. The van der Waals surface area contributed by atoms with Crippen molar-refractivity contribution in [3.05, 3.63) is 64.4 Å². The van der Waals surface area contributed by atoms with Crippen LogP contribution in [0.15, 0.2) is 42.5 Å². The van der Waals surface area contributed by atoms with E-state index in [1.54, 1.807) is 0 Å². The molecular weight excluding hydrogens is 284 g/mol. The molecule has 3 nitrogen and oxygen atoms in total. The fraction of sp³-hybridized carbons (Fsp3) is 0.353. The molecule has 0 atom stereocenters. The van der Waals surface area contributed by atoms with Gasteiger partial charge < -0.3 is 10.1 Å². The SMILES string of the molecule is Clc1ccc(COCc2cccc(CNC3CC3)n2)cc1. The summed E-state index contributed by atoms with van der Waals surface area (Å²) in [6.07, 6.45) is 2.59. The highest BCUT2D eigenvalue weighted by molar-refractivity contribution is 6.30. The van der Waals surface area contributed by atoms with Gasteiger partial charge in [0.1, 0.15) is 0 Å². The lowest BCUT2D eigenvalue weighted by atomic mass is 10.2. The summed E-state index contributed by atoms with van der Waals surface area (Å²) in [7, 11) is 0. The number of nitrogens with one attached hydrogen (secondary N) is 1. The van der Waals surface area contributed by atoms with Crippen molar-refractivity contribution in [1.82, 2.24) is 10.3 Å². The first kappa shape index (κ1) is 14.5. The topological polar surface area (TPSA) is 34.1 Å². The molecule has 1 aromatic carbocycles. The Morgan fingerprint density at radius 1 is 1.05 bits per heavy atom. The van der Waals surface area contributed by atoms with Crippen molar-refractivity contribution in [2.75, 3.05) is 0 Å². The average molecular weight is 303 g/mol. The van der Waals surface area contributed by atoms with Crippen molar-refractivity contribution in [2.24, 2.45) is 0 Å². The molecule has 0 amide bonds. The molecule has 3 rings (SSSR count). The van der Waals surface area contributed by atoms with Crippen LogP contribution in [0.3, 0.4) is 0 Å².